The maximum absolute atomic E-state index is 12.4. The summed E-state index contributed by atoms with van der Waals surface area (Å²) in [6.45, 7) is 0.869. The fourth-order valence-corrected chi connectivity index (χ4v) is 3.54. The van der Waals surface area contributed by atoms with E-state index in [0.717, 1.165) is 6.42 Å². The average Bonchev–Trinajstić information content (AvgIpc) is 3.28. The summed E-state index contributed by atoms with van der Waals surface area (Å²) >= 11 is 0. The molecular weight excluding hydrogens is 374 g/mol. The molecule has 2 aromatic carbocycles. The van der Waals surface area contributed by atoms with Gasteiger partial charge in [0, 0.05) is 37.7 Å². The van der Waals surface area contributed by atoms with E-state index < -0.39 is 5.76 Å². The van der Waals surface area contributed by atoms with Crippen LogP contribution >= 0.6 is 0 Å². The van der Waals surface area contributed by atoms with Crippen molar-refractivity contribution in [3.05, 3.63) is 53.0 Å². The highest BCUT2D eigenvalue weighted by Gasteiger charge is 2.24. The SMILES string of the molecule is COc1cc(NC(=O)CCn2c(=O)oc3ccccc32)ccc1N1CCCC1=O. The van der Waals surface area contributed by atoms with Crippen molar-refractivity contribution in [3.63, 3.8) is 0 Å². The van der Waals surface area contributed by atoms with Gasteiger partial charge in [-0.15, -0.1) is 0 Å². The zero-order valence-electron chi connectivity index (χ0n) is 16.0. The molecule has 0 saturated carbocycles. The number of nitrogens with one attached hydrogen (secondary N) is 1. The Bertz CT molecular complexity index is 1130. The van der Waals surface area contributed by atoms with Crippen LogP contribution in [0.3, 0.4) is 0 Å². The molecule has 1 aliphatic rings. The van der Waals surface area contributed by atoms with Crippen LogP contribution in [0.1, 0.15) is 19.3 Å². The predicted molar refractivity (Wildman–Crippen MR) is 108 cm³/mol. The van der Waals surface area contributed by atoms with E-state index >= 15 is 0 Å². The first-order valence-corrected chi connectivity index (χ1v) is 9.43. The van der Waals surface area contributed by atoms with E-state index in [1.54, 1.807) is 41.3 Å². The molecule has 0 bridgehead atoms. The maximum Gasteiger partial charge on any atom is 0.419 e. The van der Waals surface area contributed by atoms with Gasteiger partial charge in [0.1, 0.15) is 5.75 Å². The van der Waals surface area contributed by atoms with Crippen LogP contribution in [0.2, 0.25) is 0 Å². The van der Waals surface area contributed by atoms with Gasteiger partial charge in [-0.05, 0) is 30.7 Å². The normalized spacial score (nSPS) is 13.8. The van der Waals surface area contributed by atoms with Gasteiger partial charge in [-0.3, -0.25) is 14.2 Å². The quantitative estimate of drug-likeness (QED) is 0.693. The lowest BCUT2D eigenvalue weighted by atomic mass is 10.2. The third-order valence-corrected chi connectivity index (χ3v) is 4.96. The molecule has 1 N–H and O–H groups in total. The number of carbonyl (C=O) groups excluding carboxylic acids is 2. The lowest BCUT2D eigenvalue weighted by Gasteiger charge is -2.19. The predicted octanol–water partition coefficient (Wildman–Crippen LogP) is 2.76. The van der Waals surface area contributed by atoms with Crippen LogP contribution in [0.5, 0.6) is 5.75 Å². The van der Waals surface area contributed by atoms with Crippen LogP contribution in [0, 0.1) is 0 Å². The number of hydrogen-bond acceptors (Lipinski definition) is 5. The maximum atomic E-state index is 12.4. The molecule has 1 aliphatic heterocycles. The number of carbonyl (C=O) groups is 2. The molecule has 2 amide bonds. The number of anilines is 2. The molecule has 8 heteroatoms. The van der Waals surface area contributed by atoms with Crippen LogP contribution in [-0.2, 0) is 16.1 Å². The van der Waals surface area contributed by atoms with Crippen LogP contribution in [0.25, 0.3) is 11.1 Å². The summed E-state index contributed by atoms with van der Waals surface area (Å²) in [7, 11) is 1.53. The first kappa shape index (κ1) is 18.8. The van der Waals surface area contributed by atoms with E-state index in [0.29, 0.717) is 41.2 Å². The zero-order chi connectivity index (χ0) is 20.4. The molecule has 3 aromatic rings. The van der Waals surface area contributed by atoms with E-state index in [4.69, 9.17) is 9.15 Å². The van der Waals surface area contributed by atoms with Crippen LogP contribution in [0.15, 0.2) is 51.7 Å². The Hall–Kier alpha value is -3.55. The summed E-state index contributed by atoms with van der Waals surface area (Å²) in [6.07, 6.45) is 1.46. The second-order valence-corrected chi connectivity index (χ2v) is 6.82. The number of hydrogen-bond donors (Lipinski definition) is 1. The first-order chi connectivity index (χ1) is 14.1. The molecule has 0 radical (unpaired) electrons. The Morgan fingerprint density at radius 1 is 1.21 bits per heavy atom. The fourth-order valence-electron chi connectivity index (χ4n) is 3.54. The summed E-state index contributed by atoms with van der Waals surface area (Å²) in [5.41, 5.74) is 2.41. The van der Waals surface area contributed by atoms with Crippen molar-refractivity contribution in [2.45, 2.75) is 25.8 Å². The van der Waals surface area contributed by atoms with Gasteiger partial charge in [-0.2, -0.15) is 0 Å². The summed E-state index contributed by atoms with van der Waals surface area (Å²) in [4.78, 5) is 38.1. The minimum absolute atomic E-state index is 0.0675. The summed E-state index contributed by atoms with van der Waals surface area (Å²) < 4.78 is 12.0. The van der Waals surface area contributed by atoms with Crippen molar-refractivity contribution < 1.29 is 18.7 Å². The minimum Gasteiger partial charge on any atom is -0.494 e. The van der Waals surface area contributed by atoms with Crippen molar-refractivity contribution in [3.8, 4) is 5.75 Å². The number of nitrogens with zero attached hydrogens (tertiary/aromatic N) is 2. The van der Waals surface area contributed by atoms with E-state index in [2.05, 4.69) is 5.32 Å². The second kappa shape index (κ2) is 7.83. The monoisotopic (exact) mass is 395 g/mol. The van der Waals surface area contributed by atoms with Gasteiger partial charge < -0.3 is 19.4 Å². The minimum atomic E-state index is -0.486. The van der Waals surface area contributed by atoms with Crippen molar-refractivity contribution in [2.75, 3.05) is 23.9 Å². The van der Waals surface area contributed by atoms with Crippen molar-refractivity contribution in [1.82, 2.24) is 4.57 Å². The number of methoxy groups -OCH3 is 1. The third-order valence-electron chi connectivity index (χ3n) is 4.96. The zero-order valence-corrected chi connectivity index (χ0v) is 16.0. The van der Waals surface area contributed by atoms with E-state index in [1.807, 2.05) is 6.07 Å². The van der Waals surface area contributed by atoms with E-state index in [1.165, 1.54) is 11.7 Å². The summed E-state index contributed by atoms with van der Waals surface area (Å²) in [5, 5.41) is 2.81. The molecular formula is C21H21N3O5. The number of aryl methyl sites for hydroxylation is 1. The van der Waals surface area contributed by atoms with Crippen molar-refractivity contribution in [2.24, 2.45) is 0 Å². The highest BCUT2D eigenvalue weighted by molar-refractivity contribution is 5.98. The number of aromatic nitrogens is 1. The summed E-state index contributed by atoms with van der Waals surface area (Å²) in [5.74, 6) is -0.137. The smallest absolute Gasteiger partial charge is 0.419 e. The Balaban J connectivity index is 1.45. The van der Waals surface area contributed by atoms with Gasteiger partial charge >= 0.3 is 5.76 Å². The number of rotatable bonds is 6. The lowest BCUT2D eigenvalue weighted by Crippen LogP contribution is -2.24. The number of oxazole rings is 1. The number of amides is 2. The Kier molecular flexibility index (Phi) is 5.07. The van der Waals surface area contributed by atoms with Crippen LogP contribution in [0.4, 0.5) is 11.4 Å². The van der Waals surface area contributed by atoms with Gasteiger partial charge in [0.15, 0.2) is 5.58 Å². The molecule has 1 saturated heterocycles. The largest absolute Gasteiger partial charge is 0.494 e. The van der Waals surface area contributed by atoms with E-state index in [9.17, 15) is 14.4 Å². The molecule has 8 nitrogen and oxygen atoms in total. The molecule has 0 unspecified atom stereocenters. The average molecular weight is 395 g/mol. The molecule has 1 aromatic heterocycles. The van der Waals surface area contributed by atoms with Crippen molar-refractivity contribution in [1.29, 1.82) is 0 Å². The highest BCUT2D eigenvalue weighted by atomic mass is 16.5. The number of benzene rings is 2. The molecule has 0 aliphatic carbocycles. The molecule has 0 spiro atoms. The number of fused-ring (bicyclic) bond motifs is 1. The van der Waals surface area contributed by atoms with Gasteiger partial charge in [0.2, 0.25) is 11.8 Å². The molecule has 2 heterocycles. The lowest BCUT2D eigenvalue weighted by molar-refractivity contribution is -0.117. The van der Waals surface area contributed by atoms with Gasteiger partial charge in [0.05, 0.1) is 18.3 Å². The standard InChI is InChI=1S/C21H21N3O5/c1-28-18-13-14(8-9-16(18)23-11-4-7-20(23)26)22-19(25)10-12-24-15-5-2-3-6-17(15)29-21(24)27/h2-3,5-6,8-9,13H,4,7,10-12H2,1H3,(H,22,25). The third kappa shape index (κ3) is 3.73. The second-order valence-electron chi connectivity index (χ2n) is 6.82. The molecule has 4 rings (SSSR count). The topological polar surface area (TPSA) is 93.8 Å². The van der Waals surface area contributed by atoms with Crippen LogP contribution < -0.4 is 20.7 Å². The Morgan fingerprint density at radius 2 is 2.03 bits per heavy atom. The van der Waals surface area contributed by atoms with Crippen LogP contribution in [-0.4, -0.2) is 30.0 Å². The van der Waals surface area contributed by atoms with Crippen molar-refractivity contribution >= 4 is 34.3 Å². The molecule has 1 fully saturated rings. The van der Waals surface area contributed by atoms with Gasteiger partial charge in [0.25, 0.3) is 0 Å². The fraction of sp³-hybridized carbons (Fsp3) is 0.286. The Morgan fingerprint density at radius 3 is 2.79 bits per heavy atom. The highest BCUT2D eigenvalue weighted by Crippen LogP contribution is 2.33. The number of para-hydroxylation sites is 2. The summed E-state index contributed by atoms with van der Waals surface area (Å²) in [6, 6.07) is 12.3. The number of ether oxygens (including phenoxy) is 1. The van der Waals surface area contributed by atoms with Gasteiger partial charge in [-0.1, -0.05) is 12.1 Å². The molecule has 0 atom stereocenters. The van der Waals surface area contributed by atoms with E-state index in [-0.39, 0.29) is 24.8 Å². The molecule has 150 valence electrons. The Labute approximate surface area is 166 Å². The first-order valence-electron chi connectivity index (χ1n) is 9.43. The molecule has 29 heavy (non-hydrogen) atoms. The van der Waals surface area contributed by atoms with Gasteiger partial charge in [-0.25, -0.2) is 4.79 Å².